The number of carboxylic acids is 2. The highest BCUT2D eigenvalue weighted by Crippen LogP contribution is 2.28. The number of rotatable bonds is 25. The molecule has 5 unspecified atom stereocenters. The highest BCUT2D eigenvalue weighted by Gasteiger charge is 2.47. The molecule has 0 aliphatic heterocycles. The van der Waals surface area contributed by atoms with Crippen molar-refractivity contribution in [1.82, 2.24) is 0 Å². The van der Waals surface area contributed by atoms with E-state index in [9.17, 15) is 24.6 Å². The summed E-state index contributed by atoms with van der Waals surface area (Å²) in [5.74, 6) is -3.60. The van der Waals surface area contributed by atoms with Crippen molar-refractivity contribution in [1.29, 1.82) is 0 Å². The van der Waals surface area contributed by atoms with Crippen LogP contribution in [0.2, 0.25) is 104 Å². The van der Waals surface area contributed by atoms with Crippen molar-refractivity contribution in [3.05, 3.63) is 34.9 Å². The van der Waals surface area contributed by atoms with Crippen LogP contribution in [-0.2, 0) is 41.8 Å². The molecule has 0 saturated heterocycles. The molecule has 300 valence electrons. The molecular formula is C27H62O15Si10. The summed E-state index contributed by atoms with van der Waals surface area (Å²) in [6.07, 6.45) is 0.328. The Hall–Kier alpha value is -0.561. The van der Waals surface area contributed by atoms with Gasteiger partial charge in [0.05, 0.1) is 23.3 Å². The lowest BCUT2D eigenvalue weighted by Gasteiger charge is -2.42. The van der Waals surface area contributed by atoms with Gasteiger partial charge in [0.15, 0.2) is 8.32 Å². The summed E-state index contributed by atoms with van der Waals surface area (Å²) in [6, 6.07) is 3.61. The van der Waals surface area contributed by atoms with Crippen LogP contribution >= 0.6 is 0 Å². The molecule has 0 fully saturated rings. The maximum atomic E-state index is 12.9. The van der Waals surface area contributed by atoms with Gasteiger partial charge in [-0.15, -0.1) is 0 Å². The van der Waals surface area contributed by atoms with Crippen molar-refractivity contribution in [3.63, 3.8) is 0 Å². The molecule has 0 bridgehead atoms. The highest BCUT2D eigenvalue weighted by molar-refractivity contribution is 6.89. The van der Waals surface area contributed by atoms with E-state index < -0.39 is 107 Å². The Kier molecular flexibility index (Phi) is 20.1. The standard InChI is InChI=1S/C27H62O15Si10/c1-43-34-49(9,10)40-50(11,12)41-51(13,14)42-52(15,39-47(5)37-45(3)35-44(2)36-46(4)38-48(6,7)8)20-16-19-33-27(32)24-21-22(25(28)29)17-18-23(24)26(30)31/h17-18,21,44-47H,16,19-20,43H2,1-15H3,(H,28,29)(H,30,31). The van der Waals surface area contributed by atoms with Crippen LogP contribution in [0.5, 0.6) is 0 Å². The van der Waals surface area contributed by atoms with Crippen molar-refractivity contribution in [2.45, 2.75) is 111 Å². The Bertz CT molecular complexity index is 1330. The third-order valence-electron chi connectivity index (χ3n) is 6.75. The summed E-state index contributed by atoms with van der Waals surface area (Å²) in [5, 5.41) is 18.9. The molecule has 5 atom stereocenters. The van der Waals surface area contributed by atoms with Crippen LogP contribution in [0.1, 0.15) is 37.5 Å². The zero-order valence-electron chi connectivity index (χ0n) is 33.6. The molecule has 0 spiro atoms. The van der Waals surface area contributed by atoms with Crippen molar-refractivity contribution in [2.75, 3.05) is 6.61 Å². The molecule has 15 nitrogen and oxygen atoms in total. The van der Waals surface area contributed by atoms with Crippen LogP contribution < -0.4 is 0 Å². The van der Waals surface area contributed by atoms with Gasteiger partial charge in [-0.25, -0.2) is 14.4 Å². The predicted octanol–water partition coefficient (Wildman–Crippen LogP) is 4.32. The van der Waals surface area contributed by atoms with Gasteiger partial charge in [-0.1, -0.05) is 6.55 Å². The summed E-state index contributed by atoms with van der Waals surface area (Å²) < 4.78 is 63.1. The number of carbonyl (C=O) groups excluding carboxylic acids is 1. The van der Waals surface area contributed by atoms with Crippen LogP contribution in [-0.4, -0.2) is 124 Å². The lowest BCUT2D eigenvalue weighted by molar-refractivity contribution is 0.0492. The van der Waals surface area contributed by atoms with Gasteiger partial charge in [0.25, 0.3) is 37.1 Å². The molecule has 0 aliphatic rings. The fraction of sp³-hybridized carbons (Fsp3) is 0.667. The number of esters is 1. The third kappa shape index (κ3) is 19.9. The average molecular weight is 908 g/mol. The zero-order valence-corrected chi connectivity index (χ0v) is 44.6. The molecule has 1 aromatic rings. The number of ether oxygens (including phenoxy) is 1. The quantitative estimate of drug-likeness (QED) is 0.0803. The Morgan fingerprint density at radius 3 is 1.67 bits per heavy atom. The van der Waals surface area contributed by atoms with Crippen LogP contribution in [0.4, 0.5) is 0 Å². The van der Waals surface area contributed by atoms with Crippen LogP contribution in [0.3, 0.4) is 0 Å². The molecule has 0 aromatic heterocycles. The SMILES string of the molecule is C[SiH2]O[Si](C)(C)O[Si](C)(C)O[Si](C)(C)O[Si](C)(CCCOC(=O)c1cc(C(=O)O)ccc1C(=O)O)O[SiH](C)O[SiH](C)O[SiH](C)O[SiH](C)O[Si](C)(C)C. The fourth-order valence-corrected chi connectivity index (χ4v) is 42.6. The largest absolute Gasteiger partial charge is 0.478 e. The number of carbonyl (C=O) groups is 3. The van der Waals surface area contributed by atoms with E-state index in [0.717, 1.165) is 18.2 Å². The minimum Gasteiger partial charge on any atom is -0.478 e. The monoisotopic (exact) mass is 906 g/mol. The fourth-order valence-electron chi connectivity index (χ4n) is 5.70. The van der Waals surface area contributed by atoms with E-state index in [1.807, 2.05) is 72.0 Å². The average Bonchev–Trinajstić information content (AvgIpc) is 2.91. The van der Waals surface area contributed by atoms with Crippen molar-refractivity contribution >= 4 is 107 Å². The summed E-state index contributed by atoms with van der Waals surface area (Å²) >= 11 is 0. The number of hydrogen-bond acceptors (Lipinski definition) is 13. The van der Waals surface area contributed by atoms with Gasteiger partial charge in [0.2, 0.25) is 0 Å². The van der Waals surface area contributed by atoms with Gasteiger partial charge in [0, 0.05) is 0 Å². The minimum atomic E-state index is -3.08. The molecule has 0 radical (unpaired) electrons. The van der Waals surface area contributed by atoms with E-state index in [4.69, 9.17) is 41.8 Å². The summed E-state index contributed by atoms with van der Waals surface area (Å²) in [4.78, 5) is 36.1. The van der Waals surface area contributed by atoms with Gasteiger partial charge >= 0.3 is 52.2 Å². The number of aromatic carboxylic acids is 2. The van der Waals surface area contributed by atoms with E-state index in [-0.39, 0.29) is 23.3 Å². The van der Waals surface area contributed by atoms with Crippen molar-refractivity contribution in [2.24, 2.45) is 0 Å². The molecular weight excluding hydrogens is 845 g/mol. The number of benzene rings is 1. The van der Waals surface area contributed by atoms with Crippen LogP contribution in [0.25, 0.3) is 0 Å². The van der Waals surface area contributed by atoms with E-state index in [1.165, 1.54) is 0 Å². The van der Waals surface area contributed by atoms with Crippen molar-refractivity contribution in [3.8, 4) is 0 Å². The molecule has 0 saturated carbocycles. The van der Waals surface area contributed by atoms with Crippen LogP contribution in [0, 0.1) is 0 Å². The van der Waals surface area contributed by atoms with E-state index in [2.05, 4.69) is 26.2 Å². The zero-order chi connectivity index (χ0) is 40.3. The molecule has 1 aromatic carbocycles. The number of hydrogen-bond donors (Lipinski definition) is 2. The second kappa shape index (κ2) is 21.1. The number of carboxylic acid groups (broad SMARTS) is 2. The molecule has 0 amide bonds. The van der Waals surface area contributed by atoms with Gasteiger partial charge in [-0.3, -0.25) is 0 Å². The second-order valence-corrected chi connectivity index (χ2v) is 44.0. The minimum absolute atomic E-state index is 0.0815. The van der Waals surface area contributed by atoms with Gasteiger partial charge < -0.3 is 52.0 Å². The van der Waals surface area contributed by atoms with Gasteiger partial charge in [-0.05, 0) is 122 Å². The first-order valence-corrected chi connectivity index (χ1v) is 42.2. The maximum Gasteiger partial charge on any atom is 0.339 e. The van der Waals surface area contributed by atoms with Crippen LogP contribution in [0.15, 0.2) is 18.2 Å². The lowest BCUT2D eigenvalue weighted by atomic mass is 10.0. The first kappa shape index (κ1) is 49.5. The Labute approximate surface area is 324 Å². The highest BCUT2D eigenvalue weighted by atomic mass is 28.5. The molecule has 25 heteroatoms. The third-order valence-corrected chi connectivity index (χ3v) is 40.2. The second-order valence-electron chi connectivity index (χ2n) is 14.7. The Balaban J connectivity index is 3.12. The smallest absolute Gasteiger partial charge is 0.339 e. The summed E-state index contributed by atoms with van der Waals surface area (Å²) in [7, 11) is -21.6. The van der Waals surface area contributed by atoms with E-state index in [0.29, 0.717) is 12.5 Å². The maximum absolute atomic E-state index is 12.9. The molecule has 0 aliphatic carbocycles. The molecule has 2 N–H and O–H groups in total. The predicted molar refractivity (Wildman–Crippen MR) is 224 cm³/mol. The van der Waals surface area contributed by atoms with Gasteiger partial charge in [-0.2, -0.15) is 0 Å². The van der Waals surface area contributed by atoms with E-state index >= 15 is 0 Å². The Morgan fingerprint density at radius 2 is 1.17 bits per heavy atom. The lowest BCUT2D eigenvalue weighted by Crippen LogP contribution is -2.59. The first-order valence-electron chi connectivity index (χ1n) is 17.4. The summed E-state index contributed by atoms with van der Waals surface area (Å²) in [6.45, 7) is 30.1. The summed E-state index contributed by atoms with van der Waals surface area (Å²) in [5.41, 5.74) is -0.913. The Morgan fingerprint density at radius 1 is 0.673 bits per heavy atom. The topological polar surface area (TPSA) is 184 Å². The molecule has 52 heavy (non-hydrogen) atoms. The van der Waals surface area contributed by atoms with E-state index in [1.54, 1.807) is 0 Å². The van der Waals surface area contributed by atoms with Gasteiger partial charge in [0.1, 0.15) is 9.76 Å². The van der Waals surface area contributed by atoms with Crippen molar-refractivity contribution < 1.29 is 66.4 Å². The molecule has 1 rings (SSSR count). The normalized spacial score (nSPS) is 16.7. The first-order chi connectivity index (χ1) is 23.6. The molecule has 0 heterocycles.